The third kappa shape index (κ3) is 3.30. The fourth-order valence-electron chi connectivity index (χ4n) is 0.616. The summed E-state index contributed by atoms with van der Waals surface area (Å²) in [6, 6.07) is 0. The largest absolute Gasteiger partial charge is 0.390 e. The number of rotatable bonds is 4. The predicted octanol–water partition coefficient (Wildman–Crippen LogP) is 2.62. The Morgan fingerprint density at radius 3 is 2.08 bits per heavy atom. The van der Waals surface area contributed by atoms with Gasteiger partial charge in [-0.2, -0.15) is 0 Å². The zero-order valence-electron chi connectivity index (χ0n) is 7.90. The van der Waals surface area contributed by atoms with Gasteiger partial charge in [-0.05, 0) is 13.8 Å². The summed E-state index contributed by atoms with van der Waals surface area (Å²) in [6.45, 7) is 7.07. The zero-order valence-corrected chi connectivity index (χ0v) is 8.80. The van der Waals surface area contributed by atoms with E-state index in [9.17, 15) is 4.57 Å². The predicted molar refractivity (Wildman–Crippen MR) is 48.9 cm³/mol. The highest BCUT2D eigenvalue weighted by molar-refractivity contribution is 7.54. The van der Waals surface area contributed by atoms with Gasteiger partial charge in [0.1, 0.15) is 6.11 Å². The van der Waals surface area contributed by atoms with Gasteiger partial charge >= 0.3 is 7.60 Å². The topological polar surface area (TPSA) is 35.5 Å². The third-order valence-corrected chi connectivity index (χ3v) is 3.51. The summed E-state index contributed by atoms with van der Waals surface area (Å²) in [7, 11) is -3.08. The van der Waals surface area contributed by atoms with Crippen LogP contribution in [0.4, 0.5) is 0 Å². The summed E-state index contributed by atoms with van der Waals surface area (Å²) in [5, 5.41) is 0. The normalized spacial score (nSPS) is 15.8. The molecule has 0 aliphatic carbocycles. The van der Waals surface area contributed by atoms with Gasteiger partial charge in [0.15, 0.2) is 0 Å². The van der Waals surface area contributed by atoms with Gasteiger partial charge in [-0.1, -0.05) is 20.3 Å². The van der Waals surface area contributed by atoms with Crippen LogP contribution in [0.5, 0.6) is 0 Å². The molecule has 70 valence electrons. The van der Waals surface area contributed by atoms with E-state index < -0.39 is 7.60 Å². The van der Waals surface area contributed by atoms with Gasteiger partial charge in [-0.25, -0.2) is 4.57 Å². The maximum Gasteiger partial charge on any atom is 0.390 e. The molecule has 4 heteroatoms. The van der Waals surface area contributed by atoms with Crippen LogP contribution in [0.15, 0.2) is 0 Å². The van der Waals surface area contributed by atoms with E-state index in [1.165, 1.54) is 0 Å². The average Bonchev–Trinajstić information content (AvgIpc) is 1.85. The second-order valence-electron chi connectivity index (χ2n) is 3.00. The molecule has 12 heavy (non-hydrogen) atoms. The summed E-state index contributed by atoms with van der Waals surface area (Å²) in [4.78, 5) is 0. The quantitative estimate of drug-likeness (QED) is 0.505. The van der Waals surface area contributed by atoms with Crippen LogP contribution in [0.3, 0.4) is 0 Å². The van der Waals surface area contributed by atoms with Gasteiger partial charge in [0.05, 0.1) is 11.8 Å². The van der Waals surface area contributed by atoms with Gasteiger partial charge in [0, 0.05) is 0 Å². The fraction of sp³-hybridized carbons (Fsp3) is 0.750. The highest BCUT2D eigenvalue weighted by Gasteiger charge is 2.31. The van der Waals surface area contributed by atoms with Crippen molar-refractivity contribution in [2.45, 2.75) is 39.5 Å². The molecule has 0 aromatic heterocycles. The minimum absolute atomic E-state index is 0.147. The standard InChI is InChI=1S/C8H15O3P/c1-6-10-12(9,8(4)5)11-7(2)3/h1,7-8H,2-5H3. The van der Waals surface area contributed by atoms with Crippen LogP contribution >= 0.6 is 7.60 Å². The molecular formula is C8H15O3P. The summed E-state index contributed by atoms with van der Waals surface area (Å²) >= 11 is 0. The Bertz CT molecular complexity index is 215. The Morgan fingerprint density at radius 2 is 1.83 bits per heavy atom. The van der Waals surface area contributed by atoms with Crippen LogP contribution in [-0.4, -0.2) is 11.8 Å². The van der Waals surface area contributed by atoms with E-state index in [-0.39, 0.29) is 11.8 Å². The molecule has 0 bridgehead atoms. The lowest BCUT2D eigenvalue weighted by atomic mass is 10.5. The van der Waals surface area contributed by atoms with E-state index in [4.69, 9.17) is 10.9 Å². The summed E-state index contributed by atoms with van der Waals surface area (Å²) in [5.41, 5.74) is -0.212. The molecule has 1 unspecified atom stereocenters. The van der Waals surface area contributed by atoms with Crippen molar-refractivity contribution in [3.8, 4) is 12.5 Å². The van der Waals surface area contributed by atoms with Crippen molar-refractivity contribution in [3.05, 3.63) is 0 Å². The van der Waals surface area contributed by atoms with Crippen molar-refractivity contribution in [1.29, 1.82) is 0 Å². The number of hydrogen-bond acceptors (Lipinski definition) is 3. The SMILES string of the molecule is C#COP(=O)(OC(C)C)C(C)C. The van der Waals surface area contributed by atoms with Crippen molar-refractivity contribution >= 4 is 7.60 Å². The Balaban J connectivity index is 4.43. The number of terminal acetylenes is 1. The van der Waals surface area contributed by atoms with Crippen LogP contribution in [0, 0.1) is 12.5 Å². The van der Waals surface area contributed by atoms with E-state index in [2.05, 4.69) is 4.52 Å². The lowest BCUT2D eigenvalue weighted by molar-refractivity contribution is 0.198. The van der Waals surface area contributed by atoms with Crippen LogP contribution in [0.2, 0.25) is 0 Å². The first kappa shape index (κ1) is 11.6. The number of hydrogen-bond donors (Lipinski definition) is 0. The molecule has 0 amide bonds. The molecule has 3 nitrogen and oxygen atoms in total. The van der Waals surface area contributed by atoms with E-state index in [0.717, 1.165) is 0 Å². The molecular weight excluding hydrogens is 175 g/mol. The molecule has 0 aliphatic heterocycles. The first-order valence-electron chi connectivity index (χ1n) is 3.84. The van der Waals surface area contributed by atoms with Gasteiger partial charge in [0.25, 0.3) is 0 Å². The molecule has 0 N–H and O–H groups in total. The molecule has 0 aliphatic rings. The van der Waals surface area contributed by atoms with Crippen LogP contribution in [0.25, 0.3) is 0 Å². The van der Waals surface area contributed by atoms with Gasteiger partial charge in [0.2, 0.25) is 0 Å². The van der Waals surface area contributed by atoms with E-state index in [1.54, 1.807) is 27.7 Å². The summed E-state index contributed by atoms with van der Waals surface area (Å²) in [6.07, 6.45) is 6.66. The zero-order chi connectivity index (χ0) is 9.78. The average molecular weight is 190 g/mol. The van der Waals surface area contributed by atoms with Crippen LogP contribution < -0.4 is 0 Å². The van der Waals surface area contributed by atoms with E-state index >= 15 is 0 Å². The fourth-order valence-corrected chi connectivity index (χ4v) is 1.85. The Morgan fingerprint density at radius 1 is 1.33 bits per heavy atom. The van der Waals surface area contributed by atoms with Crippen molar-refractivity contribution in [3.63, 3.8) is 0 Å². The highest BCUT2D eigenvalue weighted by atomic mass is 31.2. The van der Waals surface area contributed by atoms with Gasteiger partial charge in [-0.3, -0.25) is 4.52 Å². The Labute approximate surface area is 74.0 Å². The second-order valence-corrected chi connectivity index (χ2v) is 5.50. The first-order valence-corrected chi connectivity index (χ1v) is 5.46. The maximum absolute atomic E-state index is 11.7. The maximum atomic E-state index is 11.7. The highest BCUT2D eigenvalue weighted by Crippen LogP contribution is 2.53. The van der Waals surface area contributed by atoms with Crippen molar-refractivity contribution in [2.75, 3.05) is 0 Å². The monoisotopic (exact) mass is 190 g/mol. The molecule has 0 radical (unpaired) electrons. The van der Waals surface area contributed by atoms with E-state index in [1.807, 2.05) is 6.11 Å². The lowest BCUT2D eigenvalue weighted by Gasteiger charge is -2.20. The molecule has 0 aromatic rings. The minimum atomic E-state index is -3.08. The minimum Gasteiger partial charge on any atom is -0.371 e. The molecule has 0 fully saturated rings. The Kier molecular flexibility index (Phi) is 4.37. The van der Waals surface area contributed by atoms with Crippen molar-refractivity contribution in [1.82, 2.24) is 0 Å². The molecule has 0 heterocycles. The summed E-state index contributed by atoms with van der Waals surface area (Å²) in [5.74, 6) is 0. The third-order valence-electron chi connectivity index (χ3n) is 1.17. The van der Waals surface area contributed by atoms with Crippen LogP contribution in [-0.2, 0) is 13.6 Å². The molecule has 1 atom stereocenters. The van der Waals surface area contributed by atoms with Crippen molar-refractivity contribution in [2.24, 2.45) is 0 Å². The first-order chi connectivity index (χ1) is 5.42. The smallest absolute Gasteiger partial charge is 0.371 e. The van der Waals surface area contributed by atoms with Crippen molar-refractivity contribution < 1.29 is 13.6 Å². The molecule has 0 rings (SSSR count). The van der Waals surface area contributed by atoms with Gasteiger partial charge in [-0.15, -0.1) is 0 Å². The van der Waals surface area contributed by atoms with Gasteiger partial charge < -0.3 is 4.52 Å². The molecule has 0 aromatic carbocycles. The summed E-state index contributed by atoms with van der Waals surface area (Å²) < 4.78 is 21.5. The van der Waals surface area contributed by atoms with Crippen LogP contribution in [0.1, 0.15) is 27.7 Å². The molecule has 0 saturated heterocycles. The Hall–Kier alpha value is -0.450. The molecule has 0 saturated carbocycles. The molecule has 0 spiro atoms. The second kappa shape index (κ2) is 4.54. The van der Waals surface area contributed by atoms with E-state index in [0.29, 0.717) is 0 Å². The lowest BCUT2D eigenvalue weighted by Crippen LogP contribution is -2.08.